The molecule has 0 aliphatic carbocycles. The second-order valence-corrected chi connectivity index (χ2v) is 15.6. The summed E-state index contributed by atoms with van der Waals surface area (Å²) < 4.78 is 7.18. The predicted octanol–water partition coefficient (Wildman–Crippen LogP) is 9.28. The van der Waals surface area contributed by atoms with E-state index in [1.54, 1.807) is 6.20 Å². The third-order valence-corrected chi connectivity index (χ3v) is 7.62. The lowest BCUT2D eigenvalue weighted by Crippen LogP contribution is -2.30. The van der Waals surface area contributed by atoms with Crippen LogP contribution in [0.5, 0.6) is 5.75 Å². The summed E-state index contributed by atoms with van der Waals surface area (Å²) in [7, 11) is 0. The van der Waals surface area contributed by atoms with E-state index in [0.29, 0.717) is 17.0 Å². The van der Waals surface area contributed by atoms with Crippen molar-refractivity contribution in [3.05, 3.63) is 39.5 Å². The largest absolute Gasteiger partial charge is 0.492 e. The van der Waals surface area contributed by atoms with Crippen LogP contribution in [0.15, 0.2) is 24.4 Å². The van der Waals surface area contributed by atoms with Gasteiger partial charge in [-0.25, -0.2) is 0 Å². The Kier molecular flexibility index (Phi) is 9.67. The second-order valence-electron chi connectivity index (χ2n) is 13.9. The van der Waals surface area contributed by atoms with E-state index in [1.165, 1.54) is 22.5 Å². The summed E-state index contributed by atoms with van der Waals surface area (Å²) in [6.45, 7) is 25.3. The quantitative estimate of drug-likeness (QED) is 0.300. The van der Waals surface area contributed by atoms with Crippen LogP contribution >= 0.6 is 23.6 Å². The van der Waals surface area contributed by atoms with Gasteiger partial charge in [-0.1, -0.05) is 99.6 Å². The van der Waals surface area contributed by atoms with E-state index in [1.807, 2.05) is 6.92 Å². The SMILES string of the molecule is CCC(COc1cc(C(C)(C)CC(C)(C)C)ccc1C(C)(C)CC(C)(C)C)C(=O)Nc1c[nH]c(=S)s1. The van der Waals surface area contributed by atoms with Crippen molar-refractivity contribution >= 4 is 34.5 Å². The molecule has 0 saturated carbocycles. The molecule has 2 N–H and O–H groups in total. The Balaban J connectivity index is 2.39. The summed E-state index contributed by atoms with van der Waals surface area (Å²) in [5, 5.41) is 3.73. The number of aromatic amines is 1. The number of hydrogen-bond acceptors (Lipinski definition) is 4. The highest BCUT2D eigenvalue weighted by atomic mass is 32.1. The Bertz CT molecular complexity index is 1080. The van der Waals surface area contributed by atoms with Gasteiger partial charge in [-0.05, 0) is 70.3 Å². The maximum absolute atomic E-state index is 13.0. The molecule has 2 rings (SSSR count). The van der Waals surface area contributed by atoms with Crippen LogP contribution in [0.3, 0.4) is 0 Å². The van der Waals surface area contributed by atoms with E-state index in [2.05, 4.69) is 97.7 Å². The molecule has 1 atom stereocenters. The fraction of sp³-hybridized carbons (Fsp3) is 0.667. The number of amides is 1. The molecule has 1 aromatic carbocycles. The lowest BCUT2D eigenvalue weighted by atomic mass is 9.69. The molecule has 2 aromatic rings. The van der Waals surface area contributed by atoms with Crippen LogP contribution in [-0.4, -0.2) is 17.5 Å². The van der Waals surface area contributed by atoms with E-state index in [-0.39, 0.29) is 33.5 Å². The van der Waals surface area contributed by atoms with Crippen LogP contribution in [-0.2, 0) is 15.6 Å². The van der Waals surface area contributed by atoms with Crippen molar-refractivity contribution in [2.45, 2.75) is 106 Å². The maximum atomic E-state index is 13.0. The second kappa shape index (κ2) is 11.4. The molecule has 0 aliphatic heterocycles. The molecule has 202 valence electrons. The van der Waals surface area contributed by atoms with E-state index < -0.39 is 0 Å². The van der Waals surface area contributed by atoms with Crippen molar-refractivity contribution in [2.24, 2.45) is 16.7 Å². The lowest BCUT2D eigenvalue weighted by Gasteiger charge is -2.36. The Hall–Kier alpha value is -1.66. The van der Waals surface area contributed by atoms with Crippen LogP contribution in [0.4, 0.5) is 5.00 Å². The fourth-order valence-corrected chi connectivity index (χ4v) is 6.52. The van der Waals surface area contributed by atoms with Gasteiger partial charge in [-0.3, -0.25) is 4.79 Å². The van der Waals surface area contributed by atoms with Crippen molar-refractivity contribution in [2.75, 3.05) is 11.9 Å². The molecule has 0 aliphatic rings. The van der Waals surface area contributed by atoms with Gasteiger partial charge in [0.1, 0.15) is 10.8 Å². The molecular weight excluding hydrogens is 484 g/mol. The van der Waals surface area contributed by atoms with Crippen LogP contribution < -0.4 is 10.1 Å². The van der Waals surface area contributed by atoms with E-state index >= 15 is 0 Å². The zero-order valence-electron chi connectivity index (χ0n) is 24.3. The van der Waals surface area contributed by atoms with Gasteiger partial charge in [0.2, 0.25) is 5.91 Å². The normalized spacial score (nSPS) is 14.0. The Morgan fingerprint density at radius 3 is 2.08 bits per heavy atom. The van der Waals surface area contributed by atoms with E-state index in [9.17, 15) is 4.79 Å². The first-order valence-electron chi connectivity index (χ1n) is 13.1. The van der Waals surface area contributed by atoms with Crippen molar-refractivity contribution in [1.82, 2.24) is 4.98 Å². The van der Waals surface area contributed by atoms with Crippen molar-refractivity contribution in [3.63, 3.8) is 0 Å². The van der Waals surface area contributed by atoms with Crippen molar-refractivity contribution in [3.8, 4) is 5.75 Å². The van der Waals surface area contributed by atoms with Crippen LogP contribution in [0.25, 0.3) is 0 Å². The fourth-order valence-electron chi connectivity index (χ4n) is 5.61. The molecule has 1 unspecified atom stereocenters. The smallest absolute Gasteiger partial charge is 0.231 e. The maximum Gasteiger partial charge on any atom is 0.231 e. The number of hydrogen-bond donors (Lipinski definition) is 2. The number of H-pyrrole nitrogens is 1. The molecule has 6 heteroatoms. The molecule has 0 bridgehead atoms. The van der Waals surface area contributed by atoms with Gasteiger partial charge in [0.25, 0.3) is 0 Å². The van der Waals surface area contributed by atoms with Gasteiger partial charge in [-0.2, -0.15) is 0 Å². The summed E-state index contributed by atoms with van der Waals surface area (Å²) >= 11 is 6.51. The highest BCUT2D eigenvalue weighted by Crippen LogP contribution is 2.43. The van der Waals surface area contributed by atoms with Crippen molar-refractivity contribution in [1.29, 1.82) is 0 Å². The standard InChI is InChI=1S/C30H48N2O2S2/c1-12-20(25(33)32-24-16-31-26(35)36-24)17-34-23-15-21(29(8,9)18-27(2,3)4)13-14-22(23)30(10,11)19-28(5,6)7/h13-16,20H,12,17-19H2,1-11H3,(H,31,35)(H,32,33). The molecule has 1 amide bonds. The number of thiazole rings is 1. The summed E-state index contributed by atoms with van der Waals surface area (Å²) in [5.74, 6) is 0.597. The average molecular weight is 533 g/mol. The number of nitrogens with one attached hydrogen (secondary N) is 2. The minimum Gasteiger partial charge on any atom is -0.492 e. The number of aromatic nitrogens is 1. The number of carbonyl (C=O) groups excluding carboxylic acids is 1. The number of rotatable bonds is 10. The third kappa shape index (κ3) is 9.02. The topological polar surface area (TPSA) is 54.1 Å². The highest BCUT2D eigenvalue weighted by Gasteiger charge is 2.33. The number of carbonyl (C=O) groups is 1. The summed E-state index contributed by atoms with van der Waals surface area (Å²) in [5.41, 5.74) is 2.79. The predicted molar refractivity (Wildman–Crippen MR) is 158 cm³/mol. The molecular formula is C30H48N2O2S2. The minimum absolute atomic E-state index is 0.00217. The number of anilines is 1. The third-order valence-electron chi connectivity index (χ3n) is 6.51. The van der Waals surface area contributed by atoms with Crippen LogP contribution in [0.1, 0.15) is 107 Å². The van der Waals surface area contributed by atoms with E-state index in [0.717, 1.165) is 23.6 Å². The summed E-state index contributed by atoms with van der Waals surface area (Å²) in [6.07, 6.45) is 4.52. The molecule has 36 heavy (non-hydrogen) atoms. The summed E-state index contributed by atoms with van der Waals surface area (Å²) in [4.78, 5) is 15.9. The number of ether oxygens (including phenoxy) is 1. The van der Waals surface area contributed by atoms with Gasteiger partial charge in [0.15, 0.2) is 3.95 Å². The first kappa shape index (κ1) is 30.6. The molecule has 0 saturated heterocycles. The Labute approximate surface area is 228 Å². The van der Waals surface area contributed by atoms with Crippen LogP contribution in [0.2, 0.25) is 0 Å². The molecule has 1 heterocycles. The highest BCUT2D eigenvalue weighted by molar-refractivity contribution is 7.73. The molecule has 1 aromatic heterocycles. The van der Waals surface area contributed by atoms with Gasteiger partial charge < -0.3 is 15.0 Å². The number of benzene rings is 1. The Morgan fingerprint density at radius 2 is 1.58 bits per heavy atom. The first-order chi connectivity index (χ1) is 16.3. The minimum atomic E-state index is -0.259. The first-order valence-corrected chi connectivity index (χ1v) is 14.3. The molecule has 0 spiro atoms. The molecule has 0 fully saturated rings. The monoisotopic (exact) mass is 532 g/mol. The van der Waals surface area contributed by atoms with E-state index in [4.69, 9.17) is 17.0 Å². The summed E-state index contributed by atoms with van der Waals surface area (Å²) in [6, 6.07) is 6.77. The molecule has 4 nitrogen and oxygen atoms in total. The lowest BCUT2D eigenvalue weighted by molar-refractivity contribution is -0.120. The van der Waals surface area contributed by atoms with Gasteiger partial charge >= 0.3 is 0 Å². The van der Waals surface area contributed by atoms with Crippen molar-refractivity contribution < 1.29 is 9.53 Å². The average Bonchev–Trinajstić information content (AvgIpc) is 3.09. The van der Waals surface area contributed by atoms with Gasteiger partial charge in [-0.15, -0.1) is 0 Å². The van der Waals surface area contributed by atoms with Gasteiger partial charge in [0, 0.05) is 6.20 Å². The molecule has 0 radical (unpaired) electrons. The van der Waals surface area contributed by atoms with Gasteiger partial charge in [0.05, 0.1) is 12.5 Å². The zero-order valence-corrected chi connectivity index (χ0v) is 26.0. The Morgan fingerprint density at radius 1 is 1.00 bits per heavy atom. The van der Waals surface area contributed by atoms with Crippen LogP contribution in [0, 0.1) is 20.7 Å². The zero-order chi connectivity index (χ0) is 27.5.